The fourth-order valence-electron chi connectivity index (χ4n) is 4.65. The third-order valence-electron chi connectivity index (χ3n) is 6.56. The minimum atomic E-state index is -2.25. The van der Waals surface area contributed by atoms with Gasteiger partial charge in [0.25, 0.3) is 11.8 Å². The Morgan fingerprint density at radius 1 is 0.529 bits per heavy atom. The lowest BCUT2D eigenvalue weighted by molar-refractivity contribution is -0.207. The summed E-state index contributed by atoms with van der Waals surface area (Å²) < 4.78 is 0. The van der Waals surface area contributed by atoms with Crippen LogP contribution in [0.25, 0.3) is 0 Å². The van der Waals surface area contributed by atoms with Crippen molar-refractivity contribution in [3.05, 3.63) is 0 Å². The Balaban J connectivity index is 7.09. The molecule has 0 saturated carbocycles. The van der Waals surface area contributed by atoms with Gasteiger partial charge in [0.15, 0.2) is 11.2 Å². The highest BCUT2D eigenvalue weighted by atomic mass is 16.4. The maximum atomic E-state index is 14.1. The minimum absolute atomic E-state index is 0.00167. The Bertz CT molecular complexity index is 599. The highest BCUT2D eigenvalue weighted by Crippen LogP contribution is 2.41. The van der Waals surface area contributed by atoms with Crippen LogP contribution in [-0.4, -0.2) is 67.2 Å². The molecule has 0 aliphatic carbocycles. The Kier molecular flexibility index (Phi) is 11.3. The van der Waals surface area contributed by atoms with Crippen molar-refractivity contribution in [3.8, 4) is 0 Å². The highest BCUT2D eigenvalue weighted by Gasteiger charge is 2.62. The molecule has 2 N–H and O–H groups in total. The molecular weight excluding hydrogens is 428 g/mol. The molecule has 0 unspecified atom stereocenters. The number of hydrogen-bond acceptors (Lipinski definition) is 4. The highest BCUT2D eigenvalue weighted by molar-refractivity contribution is 5.97. The number of rotatable bonds is 11. The van der Waals surface area contributed by atoms with Crippen LogP contribution in [0.5, 0.6) is 0 Å². The van der Waals surface area contributed by atoms with Crippen LogP contribution < -0.4 is 0 Å². The van der Waals surface area contributed by atoms with Crippen molar-refractivity contribution < 1.29 is 19.8 Å². The third kappa shape index (κ3) is 8.22. The Morgan fingerprint density at radius 2 is 0.735 bits per heavy atom. The second-order valence-corrected chi connectivity index (χ2v) is 13.6. The molecule has 34 heavy (non-hydrogen) atoms. The molecule has 0 saturated heterocycles. The van der Waals surface area contributed by atoms with Gasteiger partial charge in [0.2, 0.25) is 0 Å². The van der Waals surface area contributed by atoms with Gasteiger partial charge < -0.3 is 20.0 Å². The molecule has 2 atom stereocenters. The number of aliphatic hydroxyl groups is 2. The monoisotopic (exact) mass is 484 g/mol. The van der Waals surface area contributed by atoms with E-state index in [4.69, 9.17) is 0 Å². The van der Waals surface area contributed by atoms with E-state index in [1.807, 2.05) is 96.9 Å². The molecule has 0 bridgehead atoms. The average molecular weight is 485 g/mol. The maximum Gasteiger partial charge on any atom is 0.258 e. The molecule has 0 aromatic carbocycles. The van der Waals surface area contributed by atoms with Crippen molar-refractivity contribution in [1.29, 1.82) is 0 Å². The van der Waals surface area contributed by atoms with E-state index in [1.165, 1.54) is 0 Å². The first kappa shape index (κ1) is 32.9. The van der Waals surface area contributed by atoms with Crippen molar-refractivity contribution >= 4 is 11.8 Å². The van der Waals surface area contributed by atoms with Crippen molar-refractivity contribution in [1.82, 2.24) is 9.80 Å². The minimum Gasteiger partial charge on any atom is -0.377 e. The molecule has 0 fully saturated rings. The van der Waals surface area contributed by atoms with Gasteiger partial charge in [-0.15, -0.1) is 0 Å². The van der Waals surface area contributed by atoms with Gasteiger partial charge in [0.05, 0.1) is 0 Å². The zero-order valence-electron chi connectivity index (χ0n) is 24.7. The van der Waals surface area contributed by atoms with Crippen LogP contribution in [0.4, 0.5) is 0 Å². The number of carbonyl (C=O) groups is 2. The van der Waals surface area contributed by atoms with E-state index >= 15 is 0 Å². The van der Waals surface area contributed by atoms with Gasteiger partial charge in [0.1, 0.15) is 0 Å². The largest absolute Gasteiger partial charge is 0.377 e. The SMILES string of the molecule is CC(C)N(C(=O)[C@](O)(CCC(C)(C)C)[C@@](O)(CCC(C)(C)C)C(=O)N(C(C)C)C(C)C)C(C)C. The fraction of sp³-hybridized carbons (Fsp3) is 0.929. The molecule has 0 heterocycles. The molecule has 202 valence electrons. The Labute approximate surface area is 210 Å². The molecule has 0 aliphatic heterocycles. The van der Waals surface area contributed by atoms with Crippen molar-refractivity contribution in [3.63, 3.8) is 0 Å². The maximum absolute atomic E-state index is 14.1. The molecule has 6 nitrogen and oxygen atoms in total. The van der Waals surface area contributed by atoms with Gasteiger partial charge >= 0.3 is 0 Å². The van der Waals surface area contributed by atoms with Crippen LogP contribution >= 0.6 is 0 Å². The quantitative estimate of drug-likeness (QED) is 0.412. The van der Waals surface area contributed by atoms with Crippen LogP contribution in [0, 0.1) is 10.8 Å². The zero-order valence-corrected chi connectivity index (χ0v) is 24.7. The van der Waals surface area contributed by atoms with Crippen molar-refractivity contribution in [2.24, 2.45) is 10.8 Å². The summed E-state index contributed by atoms with van der Waals surface area (Å²) in [4.78, 5) is 31.5. The first-order chi connectivity index (χ1) is 15.0. The Hall–Kier alpha value is -1.14. The molecule has 0 radical (unpaired) electrons. The molecule has 0 rings (SSSR count). The van der Waals surface area contributed by atoms with Gasteiger partial charge in [-0.1, -0.05) is 41.5 Å². The third-order valence-corrected chi connectivity index (χ3v) is 6.56. The summed E-state index contributed by atoms with van der Waals surface area (Å²) in [6.07, 6.45) is 0.963. The zero-order chi connectivity index (χ0) is 27.4. The number of hydrogen-bond donors (Lipinski definition) is 2. The smallest absolute Gasteiger partial charge is 0.258 e. The number of nitrogens with zero attached hydrogens (tertiary/aromatic N) is 2. The van der Waals surface area contributed by atoms with Crippen LogP contribution in [-0.2, 0) is 9.59 Å². The van der Waals surface area contributed by atoms with Crippen LogP contribution in [0.2, 0.25) is 0 Å². The Morgan fingerprint density at radius 3 is 0.882 bits per heavy atom. The lowest BCUT2D eigenvalue weighted by Crippen LogP contribution is -2.71. The van der Waals surface area contributed by atoms with E-state index in [2.05, 4.69) is 0 Å². The summed E-state index contributed by atoms with van der Waals surface area (Å²) in [7, 11) is 0. The molecule has 0 aromatic heterocycles. The molecule has 6 heteroatoms. The second-order valence-electron chi connectivity index (χ2n) is 13.6. The van der Waals surface area contributed by atoms with Gasteiger partial charge in [-0.25, -0.2) is 0 Å². The summed E-state index contributed by atoms with van der Waals surface area (Å²) in [6, 6.07) is -0.771. The normalized spacial score (nSPS) is 16.7. The van der Waals surface area contributed by atoms with Crippen LogP contribution in [0.1, 0.15) is 123 Å². The average Bonchev–Trinajstić information content (AvgIpc) is 2.61. The topological polar surface area (TPSA) is 81.1 Å². The van der Waals surface area contributed by atoms with E-state index in [1.54, 1.807) is 9.80 Å². The van der Waals surface area contributed by atoms with E-state index in [0.29, 0.717) is 12.8 Å². The summed E-state index contributed by atoms with van der Waals surface area (Å²) in [5, 5.41) is 24.6. The van der Waals surface area contributed by atoms with Gasteiger partial charge in [-0.2, -0.15) is 0 Å². The molecule has 0 spiro atoms. The molecular formula is C28H56N2O4. The fourth-order valence-corrected chi connectivity index (χ4v) is 4.65. The van der Waals surface area contributed by atoms with Gasteiger partial charge in [0, 0.05) is 24.2 Å². The van der Waals surface area contributed by atoms with E-state index < -0.39 is 23.0 Å². The lowest BCUT2D eigenvalue weighted by atomic mass is 9.69. The van der Waals surface area contributed by atoms with Gasteiger partial charge in [-0.05, 0) is 91.9 Å². The molecule has 2 amide bonds. The first-order valence-electron chi connectivity index (χ1n) is 13.1. The molecule has 0 aromatic rings. The first-order valence-corrected chi connectivity index (χ1v) is 13.1. The standard InChI is InChI=1S/C28H56N2O4/c1-19(2)29(20(3)4)23(31)27(33,17-15-25(9,10)11)28(34,18-16-26(12,13)14)24(32)30(21(5)6)22(7)8/h19-22,33-34H,15-18H2,1-14H3/t27-,28-/m1/s1. The van der Waals surface area contributed by atoms with Crippen LogP contribution in [0.15, 0.2) is 0 Å². The van der Waals surface area contributed by atoms with Crippen molar-refractivity contribution in [2.45, 2.75) is 158 Å². The lowest BCUT2D eigenvalue weighted by Gasteiger charge is -2.49. The molecule has 0 aliphatic rings. The van der Waals surface area contributed by atoms with E-state index in [9.17, 15) is 19.8 Å². The summed E-state index contributed by atoms with van der Waals surface area (Å²) >= 11 is 0. The summed E-state index contributed by atoms with van der Waals surface area (Å²) in [6.45, 7) is 27.4. The second kappa shape index (κ2) is 11.7. The predicted molar refractivity (Wildman–Crippen MR) is 142 cm³/mol. The summed E-state index contributed by atoms with van der Waals surface area (Å²) in [5.41, 5.74) is -4.89. The predicted octanol–water partition coefficient (Wildman–Crippen LogP) is 5.39. The number of amides is 2. The number of carbonyl (C=O) groups excluding carboxylic acids is 2. The summed E-state index contributed by atoms with van der Waals surface area (Å²) in [5.74, 6) is -1.14. The van der Waals surface area contributed by atoms with E-state index in [0.717, 1.165) is 0 Å². The van der Waals surface area contributed by atoms with Gasteiger partial charge in [-0.3, -0.25) is 9.59 Å². The van der Waals surface area contributed by atoms with Crippen LogP contribution in [0.3, 0.4) is 0 Å². The van der Waals surface area contributed by atoms with Crippen molar-refractivity contribution in [2.75, 3.05) is 0 Å². The van der Waals surface area contributed by atoms with E-state index in [-0.39, 0.29) is 47.8 Å².